The number of carbonyl (C=O) groups is 1. The van der Waals surface area contributed by atoms with Gasteiger partial charge in [-0.05, 0) is 103 Å². The minimum Gasteiger partial charge on any atom is -0.366 e. The molecule has 1 N–H and O–H groups in total. The van der Waals surface area contributed by atoms with E-state index < -0.39 is 5.97 Å². The van der Waals surface area contributed by atoms with E-state index in [0.29, 0.717) is 17.5 Å². The molecular weight excluding hydrogens is 458 g/mol. The Labute approximate surface area is 220 Å². The molecule has 4 aliphatic rings. The second-order valence-electron chi connectivity index (χ2n) is 11.8. The van der Waals surface area contributed by atoms with E-state index in [1.807, 2.05) is 6.20 Å². The molecule has 5 nitrogen and oxygen atoms in total. The van der Waals surface area contributed by atoms with E-state index >= 15 is 0 Å². The zero-order valence-corrected chi connectivity index (χ0v) is 22.0. The molecule has 0 spiro atoms. The van der Waals surface area contributed by atoms with Crippen LogP contribution in [0.4, 0.5) is 0 Å². The van der Waals surface area contributed by atoms with Gasteiger partial charge in [0.25, 0.3) is 0 Å². The van der Waals surface area contributed by atoms with E-state index in [9.17, 15) is 4.79 Å². The van der Waals surface area contributed by atoms with Gasteiger partial charge in [0, 0.05) is 24.8 Å². The van der Waals surface area contributed by atoms with Gasteiger partial charge >= 0.3 is 5.97 Å². The van der Waals surface area contributed by atoms with E-state index in [0.717, 1.165) is 24.2 Å². The highest BCUT2D eigenvalue weighted by Crippen LogP contribution is 2.66. The molecule has 0 unspecified atom stereocenters. The van der Waals surface area contributed by atoms with Crippen LogP contribution in [0, 0.1) is 28.6 Å². The van der Waals surface area contributed by atoms with E-state index in [4.69, 9.17) is 4.84 Å². The predicted octanol–water partition coefficient (Wildman–Crippen LogP) is 6.72. The van der Waals surface area contributed by atoms with Crippen LogP contribution in [0.1, 0.15) is 74.7 Å². The number of fused-ring (bicyclic) bond motifs is 5. The molecule has 2 aromatic rings. The fraction of sp³-hybridized carbons (Fsp3) is 0.469. The molecular formula is C32H37N3O2. The Kier molecular flexibility index (Phi) is 6.36. The molecule has 0 saturated heterocycles. The Balaban J connectivity index is 1.12. The summed E-state index contributed by atoms with van der Waals surface area (Å²) in [6.07, 6.45) is 22.9. The van der Waals surface area contributed by atoms with Crippen molar-refractivity contribution in [3.8, 4) is 0 Å². The predicted molar refractivity (Wildman–Crippen MR) is 145 cm³/mol. The number of hydrogen-bond acceptors (Lipinski definition) is 5. The molecule has 0 aromatic carbocycles. The third-order valence-corrected chi connectivity index (χ3v) is 10.1. The summed E-state index contributed by atoms with van der Waals surface area (Å²) < 4.78 is 0. The molecule has 192 valence electrons. The Morgan fingerprint density at radius 1 is 1.05 bits per heavy atom. The second kappa shape index (κ2) is 9.68. The van der Waals surface area contributed by atoms with Gasteiger partial charge in [-0.1, -0.05) is 49.3 Å². The lowest BCUT2D eigenvalue weighted by atomic mass is 9.46. The zero-order valence-electron chi connectivity index (χ0n) is 22.0. The van der Waals surface area contributed by atoms with Gasteiger partial charge in [-0.3, -0.25) is 9.97 Å². The van der Waals surface area contributed by atoms with Gasteiger partial charge in [0.1, 0.15) is 0 Å². The van der Waals surface area contributed by atoms with E-state index in [1.165, 1.54) is 55.9 Å². The number of nitrogens with zero attached hydrogens (tertiary/aromatic N) is 2. The van der Waals surface area contributed by atoms with Crippen LogP contribution in [0.15, 0.2) is 78.4 Å². The molecule has 0 amide bonds. The fourth-order valence-corrected chi connectivity index (χ4v) is 8.13. The highest BCUT2D eigenvalue weighted by atomic mass is 16.7. The topological polar surface area (TPSA) is 64.1 Å². The summed E-state index contributed by atoms with van der Waals surface area (Å²) >= 11 is 0. The molecule has 2 fully saturated rings. The summed E-state index contributed by atoms with van der Waals surface area (Å²) in [5.74, 6) is 1.91. The number of allylic oxidation sites excluding steroid dienone is 5. The molecule has 0 aliphatic heterocycles. The molecule has 2 saturated carbocycles. The van der Waals surface area contributed by atoms with Crippen molar-refractivity contribution in [1.82, 2.24) is 15.4 Å². The second-order valence-corrected chi connectivity index (χ2v) is 11.8. The first-order chi connectivity index (χ1) is 18.0. The van der Waals surface area contributed by atoms with Gasteiger partial charge in [0.15, 0.2) is 0 Å². The summed E-state index contributed by atoms with van der Waals surface area (Å²) in [5, 5.41) is 0. The zero-order chi connectivity index (χ0) is 25.5. The molecule has 5 heteroatoms. The van der Waals surface area contributed by atoms with Crippen LogP contribution in [-0.2, 0) is 4.84 Å². The quantitative estimate of drug-likeness (QED) is 0.368. The maximum absolute atomic E-state index is 12.1. The van der Waals surface area contributed by atoms with Crippen molar-refractivity contribution in [3.63, 3.8) is 0 Å². The van der Waals surface area contributed by atoms with Crippen LogP contribution < -0.4 is 5.48 Å². The largest absolute Gasteiger partial charge is 0.366 e. The van der Waals surface area contributed by atoms with Crippen LogP contribution in [-0.4, -0.2) is 22.5 Å². The number of carbonyl (C=O) groups excluding carboxylic acids is 1. The highest BCUT2D eigenvalue weighted by molar-refractivity contribution is 5.88. The van der Waals surface area contributed by atoms with Crippen molar-refractivity contribution >= 4 is 11.5 Å². The van der Waals surface area contributed by atoms with E-state index in [-0.39, 0.29) is 5.41 Å². The molecule has 0 bridgehead atoms. The van der Waals surface area contributed by atoms with Crippen LogP contribution in [0.5, 0.6) is 0 Å². The summed E-state index contributed by atoms with van der Waals surface area (Å²) in [6.45, 7) is 5.59. The van der Waals surface area contributed by atoms with Crippen molar-refractivity contribution in [2.45, 2.75) is 58.8 Å². The van der Waals surface area contributed by atoms with Crippen molar-refractivity contribution in [1.29, 1.82) is 0 Å². The van der Waals surface area contributed by atoms with Crippen LogP contribution in [0.3, 0.4) is 0 Å². The number of hydroxylamine groups is 1. The molecule has 2 aromatic heterocycles. The molecule has 37 heavy (non-hydrogen) atoms. The lowest BCUT2D eigenvalue weighted by Crippen LogP contribution is -2.49. The first kappa shape index (κ1) is 24.3. The van der Waals surface area contributed by atoms with Crippen molar-refractivity contribution in [3.05, 3.63) is 89.6 Å². The van der Waals surface area contributed by atoms with Crippen molar-refractivity contribution in [2.75, 3.05) is 6.54 Å². The third-order valence-electron chi connectivity index (χ3n) is 10.1. The van der Waals surface area contributed by atoms with E-state index in [2.05, 4.69) is 65.9 Å². The van der Waals surface area contributed by atoms with Gasteiger partial charge in [-0.2, -0.15) is 0 Å². The molecule has 0 radical (unpaired) electrons. The average molecular weight is 496 g/mol. The highest BCUT2D eigenvalue weighted by Gasteiger charge is 2.56. The van der Waals surface area contributed by atoms with Gasteiger partial charge in [0.2, 0.25) is 0 Å². The van der Waals surface area contributed by atoms with Gasteiger partial charge in [-0.25, -0.2) is 4.79 Å². The molecule has 4 aliphatic carbocycles. The number of nitrogens with one attached hydrogen (secondary N) is 1. The van der Waals surface area contributed by atoms with Gasteiger partial charge in [-0.15, -0.1) is 5.48 Å². The Bertz CT molecular complexity index is 1250. The smallest absolute Gasteiger partial charge is 0.358 e. The Morgan fingerprint density at radius 2 is 1.89 bits per heavy atom. The Morgan fingerprint density at radius 3 is 2.68 bits per heavy atom. The number of aromatic nitrogens is 2. The monoisotopic (exact) mass is 495 g/mol. The normalized spacial score (nSPS) is 33.6. The lowest BCUT2D eigenvalue weighted by Gasteiger charge is -2.58. The minimum atomic E-state index is -0.406. The Hall–Kier alpha value is -3.05. The number of pyridine rings is 2. The number of rotatable bonds is 5. The van der Waals surface area contributed by atoms with Crippen LogP contribution in [0.2, 0.25) is 0 Å². The lowest BCUT2D eigenvalue weighted by molar-refractivity contribution is -0.0202. The summed E-state index contributed by atoms with van der Waals surface area (Å²) in [7, 11) is 0. The van der Waals surface area contributed by atoms with Crippen LogP contribution in [0.25, 0.3) is 5.57 Å². The van der Waals surface area contributed by atoms with E-state index in [1.54, 1.807) is 29.5 Å². The standard InChI is InChI=1S/C32H37N3O2/c1-31-14-11-22(13-18-35-37-30(36)24-6-4-17-34-21-24)19-25(31)7-8-26-28-10-9-27(23-5-3-16-33-20-23)32(28,2)15-12-29(26)31/h3-6,9,13,16-17,19-21,26,28-29,35H,7-8,10-12,14-15,18H2,1-2H3/b22-13-/t26-,28+,29+,31+,32-/m1/s1. The maximum Gasteiger partial charge on any atom is 0.358 e. The third kappa shape index (κ3) is 4.27. The molecule has 6 rings (SSSR count). The van der Waals surface area contributed by atoms with Crippen molar-refractivity contribution < 1.29 is 9.63 Å². The summed E-state index contributed by atoms with van der Waals surface area (Å²) in [6, 6.07) is 7.75. The molecule has 5 atom stereocenters. The first-order valence-corrected chi connectivity index (χ1v) is 13.8. The fourth-order valence-electron chi connectivity index (χ4n) is 8.13. The van der Waals surface area contributed by atoms with Gasteiger partial charge < -0.3 is 4.84 Å². The first-order valence-electron chi connectivity index (χ1n) is 13.8. The minimum absolute atomic E-state index is 0.278. The maximum atomic E-state index is 12.1. The SMILES string of the molecule is C[C@]12CC/C(=C/CNOC(=O)c3cccnc3)C=C1CC[C@H]1[C@@H]2CC[C@]2(C)C(c3cccnc3)=CC[C@@H]12. The molecule has 2 heterocycles. The van der Waals surface area contributed by atoms with Crippen molar-refractivity contribution in [2.24, 2.45) is 28.6 Å². The summed E-state index contributed by atoms with van der Waals surface area (Å²) in [5.41, 5.74) is 9.70. The van der Waals surface area contributed by atoms with Gasteiger partial charge in [0.05, 0.1) is 12.1 Å². The average Bonchev–Trinajstić information content (AvgIpc) is 3.29. The van der Waals surface area contributed by atoms with Crippen LogP contribution >= 0.6 is 0 Å². The number of hydrogen-bond donors (Lipinski definition) is 1. The summed E-state index contributed by atoms with van der Waals surface area (Å²) in [4.78, 5) is 25.7.